The Morgan fingerprint density at radius 3 is 2.85 bits per heavy atom. The topological polar surface area (TPSA) is 79.3 Å². The van der Waals surface area contributed by atoms with Gasteiger partial charge in [-0.15, -0.1) is 0 Å². The number of rotatable bonds is 6. The third kappa shape index (κ3) is 4.82. The smallest absolute Gasteiger partial charge is 0.314 e. The van der Waals surface area contributed by atoms with Crippen LogP contribution < -0.4 is 10.6 Å². The van der Waals surface area contributed by atoms with E-state index in [-0.39, 0.29) is 0 Å². The van der Waals surface area contributed by atoms with E-state index in [0.29, 0.717) is 17.4 Å². The van der Waals surface area contributed by atoms with Gasteiger partial charge in [0.25, 0.3) is 0 Å². The van der Waals surface area contributed by atoms with Crippen LogP contribution in [0.1, 0.15) is 17.7 Å². The standard InChI is InChI=1S/C18H22ClN5O2S/c1-23(2)8-4-7-20-17(25)18(26)21-16-14-10-27-11-15(14)22-24(16)13-6-3-5-12(19)9-13/h3,5-6,9H,4,7-8,10-11H2,1-2H3,(H,20,25)(H,21,26). The lowest BCUT2D eigenvalue weighted by atomic mass is 10.2. The number of hydrogen-bond acceptors (Lipinski definition) is 5. The van der Waals surface area contributed by atoms with Crippen molar-refractivity contribution in [2.75, 3.05) is 32.5 Å². The van der Waals surface area contributed by atoms with Gasteiger partial charge in [0.1, 0.15) is 5.82 Å². The maximum absolute atomic E-state index is 12.4. The Morgan fingerprint density at radius 2 is 2.11 bits per heavy atom. The number of nitrogens with zero attached hydrogens (tertiary/aromatic N) is 3. The van der Waals surface area contributed by atoms with Gasteiger partial charge in [-0.2, -0.15) is 16.9 Å². The van der Waals surface area contributed by atoms with Crippen LogP contribution in [-0.2, 0) is 21.1 Å². The summed E-state index contributed by atoms with van der Waals surface area (Å²) in [6, 6.07) is 7.23. The molecule has 1 aliphatic heterocycles. The Morgan fingerprint density at radius 1 is 1.30 bits per heavy atom. The van der Waals surface area contributed by atoms with E-state index in [9.17, 15) is 9.59 Å². The van der Waals surface area contributed by atoms with Crippen LogP contribution in [0.3, 0.4) is 0 Å². The Labute approximate surface area is 167 Å². The minimum atomic E-state index is -0.692. The highest BCUT2D eigenvalue weighted by Gasteiger charge is 2.26. The number of fused-ring (bicyclic) bond motifs is 1. The van der Waals surface area contributed by atoms with Gasteiger partial charge in [-0.1, -0.05) is 17.7 Å². The van der Waals surface area contributed by atoms with Crippen molar-refractivity contribution >= 4 is 41.0 Å². The maximum Gasteiger partial charge on any atom is 0.314 e. The summed E-state index contributed by atoms with van der Waals surface area (Å²) in [6.45, 7) is 1.29. The van der Waals surface area contributed by atoms with Crippen molar-refractivity contribution in [3.05, 3.63) is 40.5 Å². The van der Waals surface area contributed by atoms with E-state index >= 15 is 0 Å². The highest BCUT2D eigenvalue weighted by Crippen LogP contribution is 2.36. The second-order valence-corrected chi connectivity index (χ2v) is 7.95. The summed E-state index contributed by atoms with van der Waals surface area (Å²) in [5, 5.41) is 10.6. The predicted octanol–water partition coefficient (Wildman–Crippen LogP) is 2.28. The third-order valence-corrected chi connectivity index (χ3v) is 5.32. The first-order valence-electron chi connectivity index (χ1n) is 8.64. The van der Waals surface area contributed by atoms with Crippen molar-refractivity contribution in [3.63, 3.8) is 0 Å². The monoisotopic (exact) mass is 407 g/mol. The van der Waals surface area contributed by atoms with E-state index in [1.54, 1.807) is 28.6 Å². The number of thioether (sulfide) groups is 1. The summed E-state index contributed by atoms with van der Waals surface area (Å²) in [4.78, 5) is 26.5. The SMILES string of the molecule is CN(C)CCCNC(=O)C(=O)Nc1c2c(nn1-c1cccc(Cl)c1)CSC2. The quantitative estimate of drug-likeness (QED) is 0.567. The predicted molar refractivity (Wildman–Crippen MR) is 108 cm³/mol. The summed E-state index contributed by atoms with van der Waals surface area (Å²) in [5.41, 5.74) is 2.61. The zero-order valence-corrected chi connectivity index (χ0v) is 16.9. The third-order valence-electron chi connectivity index (χ3n) is 4.11. The van der Waals surface area contributed by atoms with Crippen molar-refractivity contribution in [3.8, 4) is 5.69 Å². The van der Waals surface area contributed by atoms with Crippen molar-refractivity contribution < 1.29 is 9.59 Å². The molecule has 9 heteroatoms. The number of anilines is 1. The van der Waals surface area contributed by atoms with Gasteiger partial charge in [0.05, 0.1) is 11.4 Å². The second-order valence-electron chi connectivity index (χ2n) is 6.53. The van der Waals surface area contributed by atoms with E-state index in [4.69, 9.17) is 11.6 Å². The summed E-state index contributed by atoms with van der Waals surface area (Å²) in [7, 11) is 3.92. The fourth-order valence-electron chi connectivity index (χ4n) is 2.78. The number of aromatic nitrogens is 2. The average molecular weight is 408 g/mol. The highest BCUT2D eigenvalue weighted by atomic mass is 35.5. The van der Waals surface area contributed by atoms with Crippen LogP contribution >= 0.6 is 23.4 Å². The minimum absolute atomic E-state index is 0.450. The van der Waals surface area contributed by atoms with Crippen LogP contribution in [-0.4, -0.2) is 53.7 Å². The molecule has 0 saturated heterocycles. The molecule has 3 rings (SSSR count). The average Bonchev–Trinajstić information content (AvgIpc) is 3.21. The fraction of sp³-hybridized carbons (Fsp3) is 0.389. The van der Waals surface area contributed by atoms with E-state index in [1.165, 1.54) is 0 Å². The first-order valence-corrected chi connectivity index (χ1v) is 10.2. The molecule has 0 saturated carbocycles. The van der Waals surface area contributed by atoms with Crippen molar-refractivity contribution in [1.82, 2.24) is 20.0 Å². The molecule has 1 aliphatic rings. The molecule has 2 N–H and O–H groups in total. The van der Waals surface area contributed by atoms with Gasteiger partial charge in [0.2, 0.25) is 0 Å². The zero-order chi connectivity index (χ0) is 19.4. The molecule has 2 amide bonds. The Bertz CT molecular complexity index is 852. The summed E-state index contributed by atoms with van der Waals surface area (Å²) in [5.74, 6) is 0.721. The van der Waals surface area contributed by atoms with Crippen LogP contribution in [0.4, 0.5) is 5.82 Å². The molecule has 0 radical (unpaired) electrons. The van der Waals surface area contributed by atoms with Gasteiger partial charge in [-0.25, -0.2) is 4.68 Å². The van der Waals surface area contributed by atoms with Gasteiger partial charge < -0.3 is 15.5 Å². The molecule has 0 unspecified atom stereocenters. The molecule has 2 aromatic rings. The normalized spacial score (nSPS) is 12.9. The number of benzene rings is 1. The summed E-state index contributed by atoms with van der Waals surface area (Å²) >= 11 is 7.82. The molecular formula is C18H22ClN5O2S. The molecule has 0 spiro atoms. The van der Waals surface area contributed by atoms with Crippen LogP contribution in [0.25, 0.3) is 5.69 Å². The summed E-state index contributed by atoms with van der Waals surface area (Å²) < 4.78 is 1.65. The molecule has 1 aromatic carbocycles. The van der Waals surface area contributed by atoms with Gasteiger partial charge in [0.15, 0.2) is 0 Å². The zero-order valence-electron chi connectivity index (χ0n) is 15.3. The molecule has 7 nitrogen and oxygen atoms in total. The van der Waals surface area contributed by atoms with Gasteiger partial charge in [0, 0.05) is 28.6 Å². The maximum atomic E-state index is 12.4. The number of nitrogens with one attached hydrogen (secondary N) is 2. The van der Waals surface area contributed by atoms with Crippen LogP contribution in [0.2, 0.25) is 5.02 Å². The van der Waals surface area contributed by atoms with E-state index in [2.05, 4.69) is 15.7 Å². The molecule has 2 heterocycles. The van der Waals surface area contributed by atoms with Crippen LogP contribution in [0.5, 0.6) is 0 Å². The Kier molecular flexibility index (Phi) is 6.41. The highest BCUT2D eigenvalue weighted by molar-refractivity contribution is 7.98. The second kappa shape index (κ2) is 8.77. The lowest BCUT2D eigenvalue weighted by Crippen LogP contribution is -2.37. The molecule has 0 bridgehead atoms. The number of hydrogen-bond donors (Lipinski definition) is 2. The van der Waals surface area contributed by atoms with Gasteiger partial charge in [-0.3, -0.25) is 9.59 Å². The van der Waals surface area contributed by atoms with Crippen molar-refractivity contribution in [2.24, 2.45) is 0 Å². The van der Waals surface area contributed by atoms with Gasteiger partial charge in [-0.05, 0) is 45.3 Å². The molecule has 27 heavy (non-hydrogen) atoms. The first kappa shape index (κ1) is 19.7. The van der Waals surface area contributed by atoms with Crippen molar-refractivity contribution in [2.45, 2.75) is 17.9 Å². The molecule has 0 atom stereocenters. The fourth-order valence-corrected chi connectivity index (χ4v) is 4.00. The lowest BCUT2D eigenvalue weighted by Gasteiger charge is -2.12. The number of amides is 2. The molecule has 0 aliphatic carbocycles. The van der Waals surface area contributed by atoms with Crippen LogP contribution in [0, 0.1) is 0 Å². The molecule has 0 fully saturated rings. The van der Waals surface area contributed by atoms with Crippen molar-refractivity contribution in [1.29, 1.82) is 0 Å². The molecule has 1 aromatic heterocycles. The Balaban J connectivity index is 1.74. The first-order chi connectivity index (χ1) is 13.0. The van der Waals surface area contributed by atoms with Gasteiger partial charge >= 0.3 is 11.8 Å². The van der Waals surface area contributed by atoms with E-state index in [0.717, 1.165) is 41.4 Å². The lowest BCUT2D eigenvalue weighted by molar-refractivity contribution is -0.136. The minimum Gasteiger partial charge on any atom is -0.348 e. The van der Waals surface area contributed by atoms with E-state index in [1.807, 2.05) is 31.1 Å². The largest absolute Gasteiger partial charge is 0.348 e. The number of carbonyl (C=O) groups excluding carboxylic acids is 2. The number of carbonyl (C=O) groups is 2. The number of halogens is 1. The van der Waals surface area contributed by atoms with E-state index < -0.39 is 11.8 Å². The Hall–Kier alpha value is -2.03. The summed E-state index contributed by atoms with van der Waals surface area (Å²) in [6.07, 6.45) is 0.776. The molecule has 144 valence electrons. The van der Waals surface area contributed by atoms with Crippen LogP contribution in [0.15, 0.2) is 24.3 Å². The molecular weight excluding hydrogens is 386 g/mol.